The van der Waals surface area contributed by atoms with Crippen molar-refractivity contribution in [3.8, 4) is 23.0 Å². The number of nitrogens with zero attached hydrogens (tertiary/aromatic N) is 1. The third-order valence-corrected chi connectivity index (χ3v) is 5.70. The Morgan fingerprint density at radius 1 is 1.06 bits per heavy atom. The fourth-order valence-electron chi connectivity index (χ4n) is 4.02. The molecule has 1 fully saturated rings. The molecule has 0 bridgehead atoms. The fraction of sp³-hybridized carbons (Fsp3) is 0.375. The molecular weight excluding hydrogens is 439 g/mol. The number of likely N-dealkylation sites (tertiary alicyclic amines) is 1. The van der Waals surface area contributed by atoms with Crippen LogP contribution in [0.5, 0.6) is 23.0 Å². The lowest BCUT2D eigenvalue weighted by Gasteiger charge is -2.21. The number of fused-ring (bicyclic) bond motifs is 1. The molecule has 0 saturated carbocycles. The van der Waals surface area contributed by atoms with Crippen LogP contribution in [-0.4, -0.2) is 30.2 Å². The number of alkyl halides is 3. The molecule has 1 aliphatic rings. The van der Waals surface area contributed by atoms with E-state index >= 15 is 0 Å². The van der Waals surface area contributed by atoms with Gasteiger partial charge in [0.25, 0.3) is 5.76 Å². The minimum atomic E-state index is -4.99. The number of benzene rings is 2. The molecule has 0 unspecified atom stereocenters. The first-order valence-corrected chi connectivity index (χ1v) is 10.7. The summed E-state index contributed by atoms with van der Waals surface area (Å²) in [6, 6.07) is 8.45. The third-order valence-electron chi connectivity index (χ3n) is 5.70. The fourth-order valence-corrected chi connectivity index (χ4v) is 4.02. The number of hydrogen-bond donors (Lipinski definition) is 1. The number of phenols is 1. The summed E-state index contributed by atoms with van der Waals surface area (Å²) >= 11 is 0. The van der Waals surface area contributed by atoms with Gasteiger partial charge in [0.2, 0.25) is 11.2 Å². The molecule has 1 N–H and O–H groups in total. The van der Waals surface area contributed by atoms with Crippen LogP contribution in [0, 0.1) is 0 Å². The van der Waals surface area contributed by atoms with Crippen molar-refractivity contribution < 1.29 is 32.2 Å². The second-order valence-corrected chi connectivity index (χ2v) is 8.00. The average Bonchev–Trinajstić information content (AvgIpc) is 3.05. The molecule has 33 heavy (non-hydrogen) atoms. The Morgan fingerprint density at radius 2 is 1.76 bits per heavy atom. The van der Waals surface area contributed by atoms with Crippen molar-refractivity contribution in [2.75, 3.05) is 20.2 Å². The van der Waals surface area contributed by atoms with Gasteiger partial charge in [0.15, 0.2) is 0 Å². The number of halogens is 3. The highest BCUT2D eigenvalue weighted by Gasteiger charge is 2.41. The van der Waals surface area contributed by atoms with Gasteiger partial charge in [-0.05, 0) is 50.2 Å². The van der Waals surface area contributed by atoms with E-state index in [0.29, 0.717) is 5.75 Å². The molecule has 2 heterocycles. The zero-order valence-electron chi connectivity index (χ0n) is 18.1. The van der Waals surface area contributed by atoms with Crippen molar-refractivity contribution in [1.82, 2.24) is 4.90 Å². The summed E-state index contributed by atoms with van der Waals surface area (Å²) in [6.07, 6.45) is -0.914. The average molecular weight is 463 g/mol. The van der Waals surface area contributed by atoms with Crippen molar-refractivity contribution in [3.63, 3.8) is 0 Å². The highest BCUT2D eigenvalue weighted by Crippen LogP contribution is 2.40. The summed E-state index contributed by atoms with van der Waals surface area (Å²) in [6.45, 7) is 1.69. The summed E-state index contributed by atoms with van der Waals surface area (Å²) < 4.78 is 57.5. The second kappa shape index (κ2) is 9.35. The minimum absolute atomic E-state index is 0.00457. The molecule has 0 spiro atoms. The Bertz CT molecular complexity index is 1200. The molecule has 4 rings (SSSR count). The van der Waals surface area contributed by atoms with Gasteiger partial charge in [-0.1, -0.05) is 18.9 Å². The van der Waals surface area contributed by atoms with Gasteiger partial charge in [-0.25, -0.2) is 0 Å². The van der Waals surface area contributed by atoms with Crippen LogP contribution in [0.15, 0.2) is 45.6 Å². The lowest BCUT2D eigenvalue weighted by molar-refractivity contribution is -0.154. The Morgan fingerprint density at radius 3 is 2.42 bits per heavy atom. The van der Waals surface area contributed by atoms with Crippen molar-refractivity contribution in [3.05, 3.63) is 57.9 Å². The van der Waals surface area contributed by atoms with Gasteiger partial charge in [0.05, 0.1) is 18.1 Å². The number of ether oxygens (including phenoxy) is 2. The van der Waals surface area contributed by atoms with E-state index in [1.165, 1.54) is 37.4 Å². The van der Waals surface area contributed by atoms with Crippen molar-refractivity contribution >= 4 is 11.0 Å². The number of phenolic OH excluding ortho intramolecular Hbond substituents is 1. The van der Waals surface area contributed by atoms with Gasteiger partial charge in [0, 0.05) is 12.6 Å². The molecule has 176 valence electrons. The molecular formula is C24H24F3NO5. The van der Waals surface area contributed by atoms with Gasteiger partial charge in [-0.2, -0.15) is 13.2 Å². The van der Waals surface area contributed by atoms with Gasteiger partial charge in [0.1, 0.15) is 22.8 Å². The molecule has 6 nitrogen and oxygen atoms in total. The van der Waals surface area contributed by atoms with E-state index in [-0.39, 0.29) is 34.6 Å². The van der Waals surface area contributed by atoms with E-state index < -0.39 is 23.1 Å². The van der Waals surface area contributed by atoms with Crippen molar-refractivity contribution in [1.29, 1.82) is 0 Å². The zero-order valence-corrected chi connectivity index (χ0v) is 18.1. The zero-order chi connectivity index (χ0) is 23.6. The summed E-state index contributed by atoms with van der Waals surface area (Å²) in [5, 5.41) is 10.3. The van der Waals surface area contributed by atoms with Gasteiger partial charge < -0.3 is 19.0 Å². The molecule has 3 aromatic rings. The van der Waals surface area contributed by atoms with Gasteiger partial charge in [-0.15, -0.1) is 0 Å². The van der Waals surface area contributed by atoms with Gasteiger partial charge >= 0.3 is 6.18 Å². The van der Waals surface area contributed by atoms with E-state index in [0.717, 1.165) is 38.8 Å². The highest BCUT2D eigenvalue weighted by atomic mass is 19.4. The van der Waals surface area contributed by atoms with E-state index in [4.69, 9.17) is 13.9 Å². The lowest BCUT2D eigenvalue weighted by Crippen LogP contribution is -2.24. The molecule has 1 aromatic heterocycles. The molecule has 2 aromatic carbocycles. The maximum absolute atomic E-state index is 13.9. The number of aromatic hydroxyl groups is 1. The monoisotopic (exact) mass is 463 g/mol. The molecule has 1 saturated heterocycles. The first-order chi connectivity index (χ1) is 15.8. The smallest absolute Gasteiger partial charge is 0.453 e. The van der Waals surface area contributed by atoms with Crippen LogP contribution in [0.2, 0.25) is 0 Å². The van der Waals surface area contributed by atoms with Gasteiger partial charge in [-0.3, -0.25) is 9.69 Å². The van der Waals surface area contributed by atoms with E-state index in [1.54, 1.807) is 6.07 Å². The Hall–Kier alpha value is -3.20. The first kappa shape index (κ1) is 23.0. The lowest BCUT2D eigenvalue weighted by atomic mass is 10.1. The predicted octanol–water partition coefficient (Wildman–Crippen LogP) is 5.69. The summed E-state index contributed by atoms with van der Waals surface area (Å²) in [4.78, 5) is 15.2. The van der Waals surface area contributed by atoms with Crippen LogP contribution in [0.1, 0.15) is 37.0 Å². The molecule has 0 radical (unpaired) electrons. The molecule has 0 amide bonds. The maximum Gasteiger partial charge on any atom is 0.453 e. The Labute approximate surface area is 188 Å². The van der Waals surface area contributed by atoms with Crippen molar-refractivity contribution in [2.45, 2.75) is 38.4 Å². The largest absolute Gasteiger partial charge is 0.507 e. The molecule has 1 aliphatic heterocycles. The van der Waals surface area contributed by atoms with E-state index in [9.17, 15) is 23.1 Å². The van der Waals surface area contributed by atoms with Crippen LogP contribution in [0.3, 0.4) is 0 Å². The topological polar surface area (TPSA) is 72.1 Å². The summed E-state index contributed by atoms with van der Waals surface area (Å²) in [5.74, 6) is -2.38. The normalized spacial score (nSPS) is 15.4. The quantitative estimate of drug-likeness (QED) is 0.524. The highest BCUT2D eigenvalue weighted by molar-refractivity contribution is 5.83. The number of methoxy groups -OCH3 is 1. The van der Waals surface area contributed by atoms with Crippen molar-refractivity contribution in [2.24, 2.45) is 0 Å². The maximum atomic E-state index is 13.9. The Balaban J connectivity index is 1.85. The summed E-state index contributed by atoms with van der Waals surface area (Å²) in [7, 11) is 1.41. The molecule has 9 heteroatoms. The van der Waals surface area contributed by atoms with Crippen LogP contribution in [0.25, 0.3) is 11.0 Å². The molecule has 0 aliphatic carbocycles. The standard InChI is InChI=1S/C24H24F3NO5/c1-31-15-7-6-8-16(13-15)32-22-20(30)17-9-10-19(29)18(14-28-11-4-2-3-5-12-28)21(17)33-23(22)24(25,26)27/h6-10,13,29H,2-5,11-12,14H2,1H3. The minimum Gasteiger partial charge on any atom is -0.507 e. The first-order valence-electron chi connectivity index (χ1n) is 10.7. The second-order valence-electron chi connectivity index (χ2n) is 8.00. The molecule has 0 atom stereocenters. The van der Waals surface area contributed by atoms with E-state index in [2.05, 4.69) is 4.90 Å². The van der Waals surface area contributed by atoms with Crippen LogP contribution in [-0.2, 0) is 12.7 Å². The SMILES string of the molecule is COc1cccc(Oc2c(C(F)(F)F)oc3c(CN4CCCCCC4)c(O)ccc3c2=O)c1. The number of rotatable bonds is 5. The van der Waals surface area contributed by atoms with Crippen LogP contribution >= 0.6 is 0 Å². The predicted molar refractivity (Wildman–Crippen MR) is 116 cm³/mol. The third kappa shape index (κ3) is 4.93. The van der Waals surface area contributed by atoms with Crippen LogP contribution in [0.4, 0.5) is 13.2 Å². The van der Waals surface area contributed by atoms with Crippen LogP contribution < -0.4 is 14.9 Å². The van der Waals surface area contributed by atoms with E-state index in [1.807, 2.05) is 0 Å². The summed E-state index contributed by atoms with van der Waals surface area (Å²) in [5.41, 5.74) is -1.09. The number of hydrogen-bond acceptors (Lipinski definition) is 6. The Kier molecular flexibility index (Phi) is 6.51.